The molecule has 0 fully saturated rings. The van der Waals surface area contributed by atoms with Gasteiger partial charge >= 0.3 is 0 Å². The number of anilines is 1. The summed E-state index contributed by atoms with van der Waals surface area (Å²) in [5.74, 6) is -0.494. The van der Waals surface area contributed by atoms with Crippen molar-refractivity contribution in [1.29, 1.82) is 0 Å². The number of imidazole rings is 1. The Morgan fingerprint density at radius 3 is 2.55 bits per heavy atom. The van der Waals surface area contributed by atoms with E-state index in [9.17, 15) is 17.6 Å². The molecule has 2 N–H and O–H groups in total. The molecule has 152 valence electrons. The third-order valence-electron chi connectivity index (χ3n) is 4.40. The lowest BCUT2D eigenvalue weighted by Gasteiger charge is -2.20. The van der Waals surface area contributed by atoms with Gasteiger partial charge in [-0.05, 0) is 30.7 Å². The quantitative estimate of drug-likeness (QED) is 0.646. The molecule has 1 atom stereocenters. The minimum Gasteiger partial charge on any atom is -0.338 e. The molecule has 0 saturated carbocycles. The van der Waals surface area contributed by atoms with Crippen LogP contribution in [0.2, 0.25) is 0 Å². The van der Waals surface area contributed by atoms with E-state index in [0.29, 0.717) is 17.1 Å². The van der Waals surface area contributed by atoms with Gasteiger partial charge < -0.3 is 9.88 Å². The fourth-order valence-electron chi connectivity index (χ4n) is 2.93. The Balaban J connectivity index is 1.97. The van der Waals surface area contributed by atoms with Gasteiger partial charge in [0.15, 0.2) is 0 Å². The summed E-state index contributed by atoms with van der Waals surface area (Å²) in [7, 11) is -1.75. The molecule has 0 radical (unpaired) electrons. The topological polar surface area (TPSA) is 93.1 Å². The normalized spacial score (nSPS) is 12.4. The molecular formula is C20H21FN4O3S. The first-order valence-electron chi connectivity index (χ1n) is 8.76. The van der Waals surface area contributed by atoms with Crippen LogP contribution >= 0.6 is 0 Å². The second-order valence-corrected chi connectivity index (χ2v) is 8.48. The minimum absolute atomic E-state index is 0.234. The van der Waals surface area contributed by atoms with Crippen LogP contribution in [0.15, 0.2) is 54.9 Å². The SMILES string of the molecule is Cc1ccc(C(=O)N[C@@H](c2ccccc2F)c2nccn2C)cc1NS(C)(=O)=O. The highest BCUT2D eigenvalue weighted by atomic mass is 32.2. The van der Waals surface area contributed by atoms with Crippen LogP contribution < -0.4 is 10.0 Å². The highest BCUT2D eigenvalue weighted by Crippen LogP contribution is 2.24. The zero-order valence-electron chi connectivity index (χ0n) is 16.2. The zero-order valence-corrected chi connectivity index (χ0v) is 17.0. The van der Waals surface area contributed by atoms with E-state index in [4.69, 9.17) is 0 Å². The van der Waals surface area contributed by atoms with Crippen LogP contribution in [0.1, 0.15) is 33.4 Å². The summed E-state index contributed by atoms with van der Waals surface area (Å²) in [6.45, 7) is 1.73. The van der Waals surface area contributed by atoms with E-state index in [1.165, 1.54) is 12.1 Å². The highest BCUT2D eigenvalue weighted by molar-refractivity contribution is 7.92. The predicted octanol–water partition coefficient (Wildman–Crippen LogP) is 2.76. The van der Waals surface area contributed by atoms with Crippen LogP contribution in [0.5, 0.6) is 0 Å². The van der Waals surface area contributed by atoms with Gasteiger partial charge in [0.2, 0.25) is 10.0 Å². The smallest absolute Gasteiger partial charge is 0.252 e. The van der Waals surface area contributed by atoms with E-state index < -0.39 is 27.8 Å². The molecule has 2 aromatic carbocycles. The van der Waals surface area contributed by atoms with Gasteiger partial charge in [0.25, 0.3) is 5.91 Å². The number of rotatable bonds is 6. The average Bonchev–Trinajstić information content (AvgIpc) is 3.06. The monoisotopic (exact) mass is 416 g/mol. The lowest BCUT2D eigenvalue weighted by molar-refractivity contribution is 0.0940. The molecule has 3 rings (SSSR count). The molecule has 0 aliphatic carbocycles. The highest BCUT2D eigenvalue weighted by Gasteiger charge is 2.24. The first-order valence-corrected chi connectivity index (χ1v) is 10.7. The van der Waals surface area contributed by atoms with E-state index in [-0.39, 0.29) is 11.1 Å². The molecule has 7 nitrogen and oxygen atoms in total. The Morgan fingerprint density at radius 2 is 1.93 bits per heavy atom. The molecule has 1 heterocycles. The maximum Gasteiger partial charge on any atom is 0.252 e. The van der Waals surface area contributed by atoms with E-state index in [2.05, 4.69) is 15.0 Å². The van der Waals surface area contributed by atoms with Gasteiger partial charge in [-0.15, -0.1) is 0 Å². The summed E-state index contributed by atoms with van der Waals surface area (Å²) in [5, 5.41) is 2.80. The Morgan fingerprint density at radius 1 is 1.21 bits per heavy atom. The van der Waals surface area contributed by atoms with Crippen LogP contribution in [0, 0.1) is 12.7 Å². The van der Waals surface area contributed by atoms with Gasteiger partial charge in [-0.1, -0.05) is 24.3 Å². The predicted molar refractivity (Wildman–Crippen MR) is 109 cm³/mol. The average molecular weight is 416 g/mol. The number of benzene rings is 2. The van der Waals surface area contributed by atoms with Crippen molar-refractivity contribution in [3.63, 3.8) is 0 Å². The Kier molecular flexibility index (Phi) is 5.69. The van der Waals surface area contributed by atoms with Crippen molar-refractivity contribution in [3.8, 4) is 0 Å². The van der Waals surface area contributed by atoms with Crippen molar-refractivity contribution in [2.24, 2.45) is 7.05 Å². The van der Waals surface area contributed by atoms with Gasteiger partial charge in [-0.2, -0.15) is 0 Å². The molecule has 1 amide bonds. The van der Waals surface area contributed by atoms with Crippen LogP contribution in [-0.4, -0.2) is 30.1 Å². The van der Waals surface area contributed by atoms with Gasteiger partial charge in [-0.3, -0.25) is 9.52 Å². The summed E-state index contributed by atoms with van der Waals surface area (Å²) in [6.07, 6.45) is 4.30. The molecule has 9 heteroatoms. The lowest BCUT2D eigenvalue weighted by atomic mass is 10.0. The zero-order chi connectivity index (χ0) is 21.2. The van der Waals surface area contributed by atoms with Crippen molar-refractivity contribution < 1.29 is 17.6 Å². The van der Waals surface area contributed by atoms with E-state index in [1.54, 1.807) is 61.3 Å². The fraction of sp³-hybridized carbons (Fsp3) is 0.200. The summed E-state index contributed by atoms with van der Waals surface area (Å²) < 4.78 is 41.7. The first-order chi connectivity index (χ1) is 13.7. The fourth-order valence-corrected chi connectivity index (χ4v) is 3.55. The van der Waals surface area contributed by atoms with Crippen molar-refractivity contribution in [2.45, 2.75) is 13.0 Å². The Bertz CT molecular complexity index is 1160. The van der Waals surface area contributed by atoms with Crippen LogP contribution in [0.25, 0.3) is 0 Å². The molecule has 0 aliphatic rings. The first kappa shape index (κ1) is 20.5. The molecule has 29 heavy (non-hydrogen) atoms. The molecule has 1 aromatic heterocycles. The van der Waals surface area contributed by atoms with Crippen molar-refractivity contribution in [2.75, 3.05) is 11.0 Å². The third kappa shape index (κ3) is 4.80. The molecule has 0 spiro atoms. The number of aryl methyl sites for hydroxylation is 2. The van der Waals surface area contributed by atoms with E-state index >= 15 is 0 Å². The second-order valence-electron chi connectivity index (χ2n) is 6.73. The van der Waals surface area contributed by atoms with Crippen LogP contribution in [0.4, 0.5) is 10.1 Å². The molecule has 0 saturated heterocycles. The number of nitrogens with one attached hydrogen (secondary N) is 2. The van der Waals surface area contributed by atoms with Crippen LogP contribution in [0.3, 0.4) is 0 Å². The Hall–Kier alpha value is -3.20. The number of hydrogen-bond acceptors (Lipinski definition) is 4. The summed E-state index contributed by atoms with van der Waals surface area (Å²) in [4.78, 5) is 17.2. The molecule has 0 bridgehead atoms. The number of aromatic nitrogens is 2. The number of hydrogen-bond donors (Lipinski definition) is 2. The largest absolute Gasteiger partial charge is 0.338 e. The summed E-state index contributed by atoms with van der Waals surface area (Å²) >= 11 is 0. The van der Waals surface area contributed by atoms with Crippen molar-refractivity contribution in [3.05, 3.63) is 83.2 Å². The number of halogens is 1. The summed E-state index contributed by atoms with van der Waals surface area (Å²) in [6, 6.07) is 9.99. The molecule has 0 aliphatic heterocycles. The van der Waals surface area contributed by atoms with Crippen molar-refractivity contribution in [1.82, 2.24) is 14.9 Å². The molecular weight excluding hydrogens is 395 g/mol. The lowest BCUT2D eigenvalue weighted by Crippen LogP contribution is -2.31. The van der Waals surface area contributed by atoms with Gasteiger partial charge in [0.05, 0.1) is 11.9 Å². The minimum atomic E-state index is -3.50. The molecule has 3 aromatic rings. The van der Waals surface area contributed by atoms with Crippen molar-refractivity contribution >= 4 is 21.6 Å². The second kappa shape index (κ2) is 8.04. The van der Waals surface area contributed by atoms with Crippen LogP contribution in [-0.2, 0) is 17.1 Å². The Labute approximate surface area is 168 Å². The maximum atomic E-state index is 14.5. The summed E-state index contributed by atoms with van der Waals surface area (Å²) in [5.41, 5.74) is 1.48. The van der Waals surface area contributed by atoms with Gasteiger partial charge in [-0.25, -0.2) is 17.8 Å². The number of nitrogens with zero attached hydrogens (tertiary/aromatic N) is 2. The third-order valence-corrected chi connectivity index (χ3v) is 4.99. The number of carbonyl (C=O) groups is 1. The van der Waals surface area contributed by atoms with E-state index in [1.807, 2.05) is 0 Å². The van der Waals surface area contributed by atoms with E-state index in [0.717, 1.165) is 6.26 Å². The molecule has 0 unspecified atom stereocenters. The standard InChI is InChI=1S/C20H21FN4O3S/c1-13-8-9-14(12-17(13)24-29(3,27)28)20(26)23-18(19-22-10-11-25(19)2)15-6-4-5-7-16(15)21/h4-12,18,24H,1-3H3,(H,23,26)/t18-/m0/s1. The number of sulfonamides is 1. The van der Waals surface area contributed by atoms with Gasteiger partial charge in [0, 0.05) is 30.6 Å². The van der Waals surface area contributed by atoms with Gasteiger partial charge in [0.1, 0.15) is 17.7 Å². The number of amides is 1. The number of carbonyl (C=O) groups excluding carboxylic acids is 1. The maximum absolute atomic E-state index is 14.5.